The van der Waals surface area contributed by atoms with E-state index in [4.69, 9.17) is 21.6 Å². The average Bonchev–Trinajstić information content (AvgIpc) is 3.10. The molecule has 28 heavy (non-hydrogen) atoms. The fourth-order valence-electron chi connectivity index (χ4n) is 3.66. The first-order valence-electron chi connectivity index (χ1n) is 9.68. The van der Waals surface area contributed by atoms with Gasteiger partial charge in [-0.3, -0.25) is 10.1 Å². The summed E-state index contributed by atoms with van der Waals surface area (Å²) in [4.78, 5) is 16.0. The lowest BCUT2D eigenvalue weighted by Crippen LogP contribution is -2.38. The van der Waals surface area contributed by atoms with Crippen LogP contribution in [0.4, 0.5) is 5.82 Å². The summed E-state index contributed by atoms with van der Waals surface area (Å²) in [6, 6.07) is 1.84. The van der Waals surface area contributed by atoms with Gasteiger partial charge in [0.25, 0.3) is 0 Å². The molecule has 4 heterocycles. The Morgan fingerprint density at radius 3 is 2.64 bits per heavy atom. The van der Waals surface area contributed by atoms with Gasteiger partial charge in [0.15, 0.2) is 5.82 Å². The average molecular weight is 401 g/mol. The van der Waals surface area contributed by atoms with Crippen molar-refractivity contribution in [3.8, 4) is 11.3 Å². The quantitative estimate of drug-likeness (QED) is 0.693. The highest BCUT2D eigenvalue weighted by atomic mass is 35.5. The van der Waals surface area contributed by atoms with Gasteiger partial charge in [-0.1, -0.05) is 32.4 Å². The van der Waals surface area contributed by atoms with Gasteiger partial charge in [-0.2, -0.15) is 5.10 Å². The fraction of sp³-hybridized carbons (Fsp3) is 0.500. The summed E-state index contributed by atoms with van der Waals surface area (Å²) >= 11 is 6.54. The van der Waals surface area contributed by atoms with Crippen LogP contribution >= 0.6 is 11.6 Å². The summed E-state index contributed by atoms with van der Waals surface area (Å²) in [5.74, 6) is 0.721. The molecule has 0 radical (unpaired) electrons. The second-order valence-electron chi connectivity index (χ2n) is 8.05. The first-order chi connectivity index (χ1) is 13.4. The lowest BCUT2D eigenvalue weighted by atomic mass is 9.82. The van der Waals surface area contributed by atoms with Crippen molar-refractivity contribution in [3.63, 3.8) is 0 Å². The highest BCUT2D eigenvalue weighted by Crippen LogP contribution is 2.35. The Balaban J connectivity index is 1.78. The largest absolute Gasteiger partial charge is 0.390 e. The zero-order valence-electron chi connectivity index (χ0n) is 16.5. The second-order valence-corrected chi connectivity index (χ2v) is 8.42. The van der Waals surface area contributed by atoms with Crippen molar-refractivity contribution in [2.75, 3.05) is 18.0 Å². The Bertz CT molecular complexity index is 1010. The third-order valence-electron chi connectivity index (χ3n) is 5.57. The Morgan fingerprint density at radius 2 is 1.96 bits per heavy atom. The fourth-order valence-corrected chi connectivity index (χ4v) is 4.00. The van der Waals surface area contributed by atoms with Crippen molar-refractivity contribution in [3.05, 3.63) is 28.7 Å². The van der Waals surface area contributed by atoms with Crippen LogP contribution in [0.15, 0.2) is 12.3 Å². The third kappa shape index (κ3) is 3.33. The Labute approximate surface area is 169 Å². The number of aliphatic hydroxyl groups is 1. The number of aromatic nitrogens is 5. The van der Waals surface area contributed by atoms with Gasteiger partial charge in [0.05, 0.1) is 23.0 Å². The molecular weight excluding hydrogens is 376 g/mol. The predicted molar refractivity (Wildman–Crippen MR) is 110 cm³/mol. The zero-order chi connectivity index (χ0) is 19.9. The van der Waals surface area contributed by atoms with Crippen LogP contribution in [0.25, 0.3) is 22.4 Å². The predicted octanol–water partition coefficient (Wildman–Crippen LogP) is 3.75. The van der Waals surface area contributed by atoms with Crippen molar-refractivity contribution >= 4 is 28.6 Å². The lowest BCUT2D eigenvalue weighted by molar-refractivity contribution is 0.269. The number of H-pyrrole nitrogens is 1. The number of anilines is 1. The van der Waals surface area contributed by atoms with Crippen molar-refractivity contribution in [2.24, 2.45) is 5.41 Å². The number of aliphatic hydroxyl groups excluding tert-OH is 1. The summed E-state index contributed by atoms with van der Waals surface area (Å²) in [6.07, 6.45) is 4.63. The number of hydrogen-bond donors (Lipinski definition) is 2. The van der Waals surface area contributed by atoms with E-state index in [-0.39, 0.29) is 6.61 Å². The SMILES string of the molecule is CCc1nccc(-c2[nH]nc3nc(N4CCC(C)(C)CC4)c(CO)nc23)c1Cl. The minimum atomic E-state index is -0.174. The standard InChI is InChI=1S/C20H25ClN6O/c1-4-13-15(21)12(5-8-22-13)16-17-18(26-25-16)24-19(14(11-28)23-17)27-9-6-20(2,3)7-10-27/h5,8,28H,4,6-7,9-11H2,1-3H3,(H,24,25,26). The molecule has 1 aliphatic rings. The summed E-state index contributed by atoms with van der Waals surface area (Å²) in [7, 11) is 0. The van der Waals surface area contributed by atoms with E-state index in [1.165, 1.54) is 0 Å². The molecule has 0 saturated carbocycles. The van der Waals surface area contributed by atoms with Crippen LogP contribution in [0.2, 0.25) is 5.02 Å². The number of rotatable bonds is 4. The smallest absolute Gasteiger partial charge is 0.202 e. The molecule has 4 rings (SSSR count). The van der Waals surface area contributed by atoms with Crippen molar-refractivity contribution in [2.45, 2.75) is 46.6 Å². The first kappa shape index (κ1) is 19.1. The minimum Gasteiger partial charge on any atom is -0.390 e. The van der Waals surface area contributed by atoms with E-state index < -0.39 is 0 Å². The molecular formula is C20H25ClN6O. The van der Waals surface area contributed by atoms with Crippen LogP contribution in [-0.4, -0.2) is 43.3 Å². The summed E-state index contributed by atoms with van der Waals surface area (Å²) in [6.45, 7) is 8.21. The number of fused-ring (bicyclic) bond motifs is 1. The molecule has 0 atom stereocenters. The highest BCUT2D eigenvalue weighted by molar-refractivity contribution is 6.34. The van der Waals surface area contributed by atoms with E-state index in [0.29, 0.717) is 33.0 Å². The van der Waals surface area contributed by atoms with Crippen LogP contribution in [0, 0.1) is 5.41 Å². The van der Waals surface area contributed by atoms with Crippen LogP contribution in [0.3, 0.4) is 0 Å². The van der Waals surface area contributed by atoms with E-state index in [9.17, 15) is 5.11 Å². The molecule has 7 nitrogen and oxygen atoms in total. The number of nitrogens with one attached hydrogen (secondary N) is 1. The van der Waals surface area contributed by atoms with Crippen LogP contribution < -0.4 is 4.90 Å². The Hall–Kier alpha value is -2.25. The summed E-state index contributed by atoms with van der Waals surface area (Å²) in [5, 5.41) is 17.9. The van der Waals surface area contributed by atoms with Gasteiger partial charge in [-0.05, 0) is 30.7 Å². The van der Waals surface area contributed by atoms with Crippen molar-refractivity contribution in [1.29, 1.82) is 0 Å². The number of halogens is 1. The second kappa shape index (κ2) is 7.29. The molecule has 1 aliphatic heterocycles. The number of piperidine rings is 1. The van der Waals surface area contributed by atoms with Gasteiger partial charge < -0.3 is 10.0 Å². The summed E-state index contributed by atoms with van der Waals surface area (Å²) < 4.78 is 0. The number of pyridine rings is 1. The van der Waals surface area contributed by atoms with E-state index in [0.717, 1.165) is 49.4 Å². The molecule has 1 fully saturated rings. The number of hydrogen-bond acceptors (Lipinski definition) is 6. The van der Waals surface area contributed by atoms with Gasteiger partial charge in [0.2, 0.25) is 5.65 Å². The van der Waals surface area contributed by atoms with Crippen LogP contribution in [-0.2, 0) is 13.0 Å². The number of aryl methyl sites for hydroxylation is 1. The molecule has 0 unspecified atom stereocenters. The Kier molecular flexibility index (Phi) is 4.97. The molecule has 0 aromatic carbocycles. The van der Waals surface area contributed by atoms with Crippen molar-refractivity contribution < 1.29 is 5.11 Å². The van der Waals surface area contributed by atoms with Crippen molar-refractivity contribution in [1.82, 2.24) is 25.1 Å². The highest BCUT2D eigenvalue weighted by Gasteiger charge is 2.28. The van der Waals surface area contributed by atoms with E-state index in [1.807, 2.05) is 13.0 Å². The monoisotopic (exact) mass is 400 g/mol. The zero-order valence-corrected chi connectivity index (χ0v) is 17.2. The van der Waals surface area contributed by atoms with Gasteiger partial charge in [0.1, 0.15) is 11.2 Å². The molecule has 0 spiro atoms. The van der Waals surface area contributed by atoms with Crippen LogP contribution in [0.5, 0.6) is 0 Å². The first-order valence-corrected chi connectivity index (χ1v) is 10.1. The molecule has 148 valence electrons. The minimum absolute atomic E-state index is 0.174. The molecule has 0 bridgehead atoms. The molecule has 0 amide bonds. The third-order valence-corrected chi connectivity index (χ3v) is 5.99. The molecule has 8 heteroatoms. The van der Waals surface area contributed by atoms with Gasteiger partial charge in [-0.25, -0.2) is 9.97 Å². The normalized spacial score (nSPS) is 16.7. The maximum absolute atomic E-state index is 9.95. The molecule has 2 N–H and O–H groups in total. The molecule has 1 saturated heterocycles. The molecule has 3 aromatic rings. The lowest BCUT2D eigenvalue weighted by Gasteiger charge is -2.37. The molecule has 0 aliphatic carbocycles. The van der Waals surface area contributed by atoms with E-state index in [1.54, 1.807) is 6.20 Å². The van der Waals surface area contributed by atoms with Crippen LogP contribution in [0.1, 0.15) is 45.0 Å². The summed E-state index contributed by atoms with van der Waals surface area (Å²) in [5.41, 5.74) is 4.35. The van der Waals surface area contributed by atoms with Gasteiger partial charge in [0, 0.05) is 24.8 Å². The maximum Gasteiger partial charge on any atom is 0.202 e. The van der Waals surface area contributed by atoms with E-state index >= 15 is 0 Å². The Morgan fingerprint density at radius 1 is 1.21 bits per heavy atom. The van der Waals surface area contributed by atoms with Gasteiger partial charge in [-0.15, -0.1) is 0 Å². The van der Waals surface area contributed by atoms with Gasteiger partial charge >= 0.3 is 0 Å². The molecule has 3 aromatic heterocycles. The van der Waals surface area contributed by atoms with E-state index in [2.05, 4.69) is 33.9 Å². The maximum atomic E-state index is 9.95. The number of nitrogens with zero attached hydrogens (tertiary/aromatic N) is 5. The number of aromatic amines is 1. The topological polar surface area (TPSA) is 90.8 Å².